The lowest BCUT2D eigenvalue weighted by atomic mass is 10.2. The maximum Gasteiger partial charge on any atom is 0.255 e. The minimum Gasteiger partial charge on any atom is -0.320 e. The molecule has 0 spiro atoms. The van der Waals surface area contributed by atoms with E-state index in [9.17, 15) is 14.4 Å². The number of benzene rings is 2. The molecule has 2 aromatic rings. The van der Waals surface area contributed by atoms with Gasteiger partial charge in [-0.1, -0.05) is 29.8 Å². The number of nitrogens with one attached hydrogen (secondary N) is 1. The number of hydrogen-bond acceptors (Lipinski definition) is 3. The molecule has 116 valence electrons. The Balaban J connectivity index is 1.91. The highest BCUT2D eigenvalue weighted by molar-refractivity contribution is 6.31. The Kier molecular flexibility index (Phi) is 4.12. The van der Waals surface area contributed by atoms with Crippen molar-refractivity contribution in [3.63, 3.8) is 0 Å². The molecule has 6 heteroatoms. The average molecular weight is 329 g/mol. The molecule has 0 aromatic heterocycles. The van der Waals surface area contributed by atoms with Crippen LogP contribution in [0.1, 0.15) is 23.2 Å². The van der Waals surface area contributed by atoms with E-state index in [4.69, 9.17) is 11.6 Å². The average Bonchev–Trinajstić information content (AvgIpc) is 2.87. The van der Waals surface area contributed by atoms with Crippen molar-refractivity contribution in [1.29, 1.82) is 0 Å². The minimum absolute atomic E-state index is 0.190. The topological polar surface area (TPSA) is 66.5 Å². The van der Waals surface area contributed by atoms with E-state index in [-0.39, 0.29) is 30.6 Å². The molecule has 1 N–H and O–H groups in total. The van der Waals surface area contributed by atoms with E-state index in [1.807, 2.05) is 0 Å². The van der Waals surface area contributed by atoms with Crippen molar-refractivity contribution in [1.82, 2.24) is 0 Å². The smallest absolute Gasteiger partial charge is 0.255 e. The van der Waals surface area contributed by atoms with Crippen LogP contribution >= 0.6 is 11.6 Å². The van der Waals surface area contributed by atoms with Gasteiger partial charge in [-0.05, 0) is 30.3 Å². The Bertz CT molecular complexity index is 788. The standard InChI is InChI=1S/C17H13ClN2O3/c18-12-5-3-4-11(10-12)17(23)19-13-6-1-2-7-14(13)20-15(21)8-9-16(20)22/h1-7,10H,8-9H2,(H,19,23). The molecular formula is C17H13ClN2O3. The molecular weight excluding hydrogens is 316 g/mol. The van der Waals surface area contributed by atoms with Crippen molar-refractivity contribution in [3.05, 3.63) is 59.1 Å². The lowest BCUT2D eigenvalue weighted by Gasteiger charge is -2.18. The number of carbonyl (C=O) groups excluding carboxylic acids is 3. The molecule has 3 rings (SSSR count). The van der Waals surface area contributed by atoms with Crippen LogP contribution in [0.4, 0.5) is 11.4 Å². The number of imide groups is 1. The predicted molar refractivity (Wildman–Crippen MR) is 87.6 cm³/mol. The quantitative estimate of drug-likeness (QED) is 0.879. The number of amides is 3. The summed E-state index contributed by atoms with van der Waals surface area (Å²) < 4.78 is 0. The number of hydrogen-bond donors (Lipinski definition) is 1. The second-order valence-corrected chi connectivity index (χ2v) is 5.54. The van der Waals surface area contributed by atoms with Gasteiger partial charge in [0.05, 0.1) is 11.4 Å². The molecule has 1 heterocycles. The summed E-state index contributed by atoms with van der Waals surface area (Å²) in [7, 11) is 0. The second kappa shape index (κ2) is 6.22. The Morgan fingerprint density at radius 1 is 1.00 bits per heavy atom. The van der Waals surface area contributed by atoms with E-state index in [0.717, 1.165) is 4.90 Å². The first kappa shape index (κ1) is 15.2. The fourth-order valence-corrected chi connectivity index (χ4v) is 2.63. The third-order valence-electron chi connectivity index (χ3n) is 3.53. The molecule has 1 fully saturated rings. The van der Waals surface area contributed by atoms with Gasteiger partial charge in [0.1, 0.15) is 0 Å². The molecule has 23 heavy (non-hydrogen) atoms. The van der Waals surface area contributed by atoms with Crippen molar-refractivity contribution < 1.29 is 14.4 Å². The summed E-state index contributed by atoms with van der Waals surface area (Å²) >= 11 is 5.89. The van der Waals surface area contributed by atoms with Gasteiger partial charge >= 0.3 is 0 Å². The third kappa shape index (κ3) is 3.10. The van der Waals surface area contributed by atoms with Crippen molar-refractivity contribution in [2.45, 2.75) is 12.8 Å². The van der Waals surface area contributed by atoms with Crippen LogP contribution in [0.5, 0.6) is 0 Å². The fraction of sp³-hybridized carbons (Fsp3) is 0.118. The van der Waals surface area contributed by atoms with Crippen LogP contribution in [0.15, 0.2) is 48.5 Å². The van der Waals surface area contributed by atoms with Gasteiger partial charge < -0.3 is 5.32 Å². The number of rotatable bonds is 3. The van der Waals surface area contributed by atoms with Crippen LogP contribution in [-0.4, -0.2) is 17.7 Å². The van der Waals surface area contributed by atoms with Crippen LogP contribution in [0.3, 0.4) is 0 Å². The van der Waals surface area contributed by atoms with Crippen LogP contribution in [-0.2, 0) is 9.59 Å². The number of nitrogens with zero attached hydrogens (tertiary/aromatic N) is 1. The van der Waals surface area contributed by atoms with Gasteiger partial charge in [-0.3, -0.25) is 14.4 Å². The van der Waals surface area contributed by atoms with E-state index >= 15 is 0 Å². The van der Waals surface area contributed by atoms with Gasteiger partial charge in [-0.15, -0.1) is 0 Å². The summed E-state index contributed by atoms with van der Waals surface area (Å²) in [5.41, 5.74) is 1.18. The first-order valence-corrected chi connectivity index (χ1v) is 7.46. The maximum atomic E-state index is 12.3. The molecule has 0 saturated carbocycles. The highest BCUT2D eigenvalue weighted by Crippen LogP contribution is 2.30. The molecule has 0 bridgehead atoms. The highest BCUT2D eigenvalue weighted by atomic mass is 35.5. The molecule has 1 saturated heterocycles. The van der Waals surface area contributed by atoms with Crippen molar-refractivity contribution in [2.24, 2.45) is 0 Å². The van der Waals surface area contributed by atoms with Gasteiger partial charge in [0.2, 0.25) is 11.8 Å². The molecule has 0 radical (unpaired) electrons. The zero-order chi connectivity index (χ0) is 16.4. The SMILES string of the molecule is O=C(Nc1ccccc1N1C(=O)CCC1=O)c1cccc(Cl)c1. The summed E-state index contributed by atoms with van der Waals surface area (Å²) in [4.78, 5) is 37.3. The minimum atomic E-state index is -0.362. The van der Waals surface area contributed by atoms with Crippen LogP contribution < -0.4 is 10.2 Å². The van der Waals surface area contributed by atoms with E-state index in [0.29, 0.717) is 22.0 Å². The zero-order valence-electron chi connectivity index (χ0n) is 12.1. The fourth-order valence-electron chi connectivity index (χ4n) is 2.44. The van der Waals surface area contributed by atoms with E-state index in [1.54, 1.807) is 48.5 Å². The molecule has 0 atom stereocenters. The summed E-state index contributed by atoms with van der Waals surface area (Å²) in [6.45, 7) is 0. The van der Waals surface area contributed by atoms with Crippen molar-refractivity contribution >= 4 is 40.7 Å². The van der Waals surface area contributed by atoms with Gasteiger partial charge in [0.15, 0.2) is 0 Å². The first-order valence-electron chi connectivity index (χ1n) is 7.08. The van der Waals surface area contributed by atoms with E-state index in [1.165, 1.54) is 0 Å². The highest BCUT2D eigenvalue weighted by Gasteiger charge is 2.31. The molecule has 0 unspecified atom stereocenters. The normalized spacial score (nSPS) is 14.2. The monoisotopic (exact) mass is 328 g/mol. The number of halogens is 1. The lowest BCUT2D eigenvalue weighted by molar-refractivity contribution is -0.121. The van der Waals surface area contributed by atoms with Crippen LogP contribution in [0.2, 0.25) is 5.02 Å². The largest absolute Gasteiger partial charge is 0.320 e. The molecule has 5 nitrogen and oxygen atoms in total. The van der Waals surface area contributed by atoms with Crippen LogP contribution in [0, 0.1) is 0 Å². The molecule has 2 aromatic carbocycles. The van der Waals surface area contributed by atoms with Crippen molar-refractivity contribution in [2.75, 3.05) is 10.2 Å². The summed E-state index contributed by atoms with van der Waals surface area (Å²) in [5.74, 6) is -0.891. The van der Waals surface area contributed by atoms with Gasteiger partial charge in [0.25, 0.3) is 5.91 Å². The molecule has 1 aliphatic heterocycles. The predicted octanol–water partition coefficient (Wildman–Crippen LogP) is 3.25. The van der Waals surface area contributed by atoms with E-state index < -0.39 is 0 Å². The summed E-state index contributed by atoms with van der Waals surface area (Å²) in [6.07, 6.45) is 0.380. The Morgan fingerprint density at radius 3 is 2.39 bits per heavy atom. The Labute approximate surface area is 137 Å². The lowest BCUT2D eigenvalue weighted by Crippen LogP contribution is -2.29. The number of para-hydroxylation sites is 2. The zero-order valence-corrected chi connectivity index (χ0v) is 12.8. The van der Waals surface area contributed by atoms with Gasteiger partial charge in [0, 0.05) is 23.4 Å². The maximum absolute atomic E-state index is 12.3. The number of anilines is 2. The molecule has 3 amide bonds. The Morgan fingerprint density at radius 2 is 1.70 bits per heavy atom. The molecule has 0 aliphatic carbocycles. The third-order valence-corrected chi connectivity index (χ3v) is 3.77. The second-order valence-electron chi connectivity index (χ2n) is 5.10. The van der Waals surface area contributed by atoms with Gasteiger partial charge in [-0.2, -0.15) is 0 Å². The Hall–Kier alpha value is -2.66. The van der Waals surface area contributed by atoms with Gasteiger partial charge in [-0.25, -0.2) is 4.90 Å². The first-order chi connectivity index (χ1) is 11.1. The number of carbonyl (C=O) groups is 3. The summed E-state index contributed by atoms with van der Waals surface area (Å²) in [5, 5.41) is 3.18. The summed E-state index contributed by atoms with van der Waals surface area (Å²) in [6, 6.07) is 13.3. The molecule has 1 aliphatic rings. The van der Waals surface area contributed by atoms with Crippen molar-refractivity contribution in [3.8, 4) is 0 Å². The van der Waals surface area contributed by atoms with Crippen LogP contribution in [0.25, 0.3) is 0 Å². The van der Waals surface area contributed by atoms with E-state index in [2.05, 4.69) is 5.32 Å².